The van der Waals surface area contributed by atoms with Gasteiger partial charge in [0.25, 0.3) is 0 Å². The van der Waals surface area contributed by atoms with E-state index >= 15 is 0 Å². The summed E-state index contributed by atoms with van der Waals surface area (Å²) >= 11 is 0. The van der Waals surface area contributed by atoms with E-state index in [-0.39, 0.29) is 0 Å². The Labute approximate surface area is 165 Å². The highest BCUT2D eigenvalue weighted by Crippen LogP contribution is 2.31. The van der Waals surface area contributed by atoms with Crippen LogP contribution in [-0.2, 0) is 0 Å². The topological polar surface area (TPSA) is 62.1 Å². The van der Waals surface area contributed by atoms with Gasteiger partial charge in [0.2, 0.25) is 0 Å². The Morgan fingerprint density at radius 1 is 0.429 bits per heavy atom. The van der Waals surface area contributed by atoms with Crippen LogP contribution in [0.25, 0.3) is 0 Å². The number of rotatable bonds is 6. The molecule has 0 amide bonds. The fraction of sp³-hybridized carbons (Fsp3) is 0. The number of hydrogen-bond acceptors (Lipinski definition) is 4. The van der Waals surface area contributed by atoms with Crippen LogP contribution in [0.5, 0.6) is 0 Å². The number of benzene rings is 4. The van der Waals surface area contributed by atoms with Crippen molar-refractivity contribution >= 4 is 39.8 Å². The number of nitrogens with one attached hydrogen (secondary N) is 3. The van der Waals surface area contributed by atoms with E-state index in [1.807, 2.05) is 103 Å². The van der Waals surface area contributed by atoms with Gasteiger partial charge in [-0.25, -0.2) is 0 Å². The number of nitrogens with two attached hydrogens (primary N) is 1. The van der Waals surface area contributed by atoms with Crippen LogP contribution in [0.4, 0.5) is 39.8 Å². The first-order valence-corrected chi connectivity index (χ1v) is 9.17. The predicted octanol–water partition coefficient (Wildman–Crippen LogP) is 6.50. The largest absolute Gasteiger partial charge is 0.399 e. The molecule has 0 saturated heterocycles. The maximum Gasteiger partial charge on any atom is 0.0644 e. The van der Waals surface area contributed by atoms with Crippen molar-refractivity contribution in [3.63, 3.8) is 0 Å². The van der Waals surface area contributed by atoms with Gasteiger partial charge < -0.3 is 21.7 Å². The van der Waals surface area contributed by atoms with Crippen molar-refractivity contribution in [2.24, 2.45) is 0 Å². The molecule has 138 valence electrons. The molecule has 0 aliphatic carbocycles. The third-order valence-electron chi connectivity index (χ3n) is 4.32. The zero-order valence-corrected chi connectivity index (χ0v) is 15.4. The summed E-state index contributed by atoms with van der Waals surface area (Å²) in [6, 6.07) is 34.2. The molecule has 4 aromatic carbocycles. The van der Waals surface area contributed by atoms with Gasteiger partial charge in [0.05, 0.1) is 11.4 Å². The van der Waals surface area contributed by atoms with E-state index in [1.165, 1.54) is 0 Å². The molecule has 0 heterocycles. The molecule has 4 rings (SSSR count). The van der Waals surface area contributed by atoms with Crippen LogP contribution in [0.1, 0.15) is 0 Å². The maximum absolute atomic E-state index is 6.01. The normalized spacial score (nSPS) is 10.3. The molecular formula is C24H22N4. The van der Waals surface area contributed by atoms with Crippen molar-refractivity contribution in [3.8, 4) is 0 Å². The van der Waals surface area contributed by atoms with E-state index < -0.39 is 0 Å². The van der Waals surface area contributed by atoms with Crippen LogP contribution < -0.4 is 21.7 Å². The Hall–Kier alpha value is -3.92. The molecular weight excluding hydrogens is 344 g/mol. The van der Waals surface area contributed by atoms with Crippen molar-refractivity contribution in [2.45, 2.75) is 0 Å². The Kier molecular flexibility index (Phi) is 5.11. The molecule has 0 aliphatic heterocycles. The third-order valence-corrected chi connectivity index (χ3v) is 4.32. The molecule has 0 spiro atoms. The minimum absolute atomic E-state index is 0.712. The van der Waals surface area contributed by atoms with Crippen molar-refractivity contribution in [3.05, 3.63) is 103 Å². The van der Waals surface area contributed by atoms with Gasteiger partial charge in [-0.3, -0.25) is 0 Å². The Morgan fingerprint density at radius 2 is 0.893 bits per heavy atom. The summed E-state index contributed by atoms with van der Waals surface area (Å²) in [6.07, 6.45) is 0. The monoisotopic (exact) mass is 366 g/mol. The van der Waals surface area contributed by atoms with Crippen molar-refractivity contribution < 1.29 is 0 Å². The highest BCUT2D eigenvalue weighted by atomic mass is 15.0. The first-order valence-electron chi connectivity index (χ1n) is 9.17. The van der Waals surface area contributed by atoms with Gasteiger partial charge in [-0.1, -0.05) is 36.4 Å². The summed E-state index contributed by atoms with van der Waals surface area (Å²) in [7, 11) is 0. The van der Waals surface area contributed by atoms with Gasteiger partial charge in [-0.2, -0.15) is 0 Å². The molecule has 0 atom stereocenters. The minimum Gasteiger partial charge on any atom is -0.399 e. The Morgan fingerprint density at radius 3 is 1.50 bits per heavy atom. The molecule has 0 aromatic heterocycles. The first-order chi connectivity index (χ1) is 13.8. The van der Waals surface area contributed by atoms with E-state index in [0.29, 0.717) is 5.69 Å². The second-order valence-corrected chi connectivity index (χ2v) is 6.49. The number of anilines is 7. The van der Waals surface area contributed by atoms with E-state index in [0.717, 1.165) is 34.1 Å². The van der Waals surface area contributed by atoms with Gasteiger partial charge in [0, 0.05) is 28.4 Å². The number of para-hydroxylation sites is 2. The molecule has 0 radical (unpaired) electrons. The minimum atomic E-state index is 0.712. The lowest BCUT2D eigenvalue weighted by Crippen LogP contribution is -1.99. The molecule has 5 N–H and O–H groups in total. The first kappa shape index (κ1) is 17.5. The Balaban J connectivity index is 1.51. The molecule has 0 bridgehead atoms. The summed E-state index contributed by atoms with van der Waals surface area (Å²) < 4.78 is 0. The van der Waals surface area contributed by atoms with Gasteiger partial charge >= 0.3 is 0 Å². The van der Waals surface area contributed by atoms with Crippen LogP contribution >= 0.6 is 0 Å². The number of nitrogen functional groups attached to an aromatic ring is 1. The smallest absolute Gasteiger partial charge is 0.0644 e. The lowest BCUT2D eigenvalue weighted by atomic mass is 10.2. The average molecular weight is 366 g/mol. The van der Waals surface area contributed by atoms with E-state index in [9.17, 15) is 0 Å². The average Bonchev–Trinajstić information content (AvgIpc) is 2.73. The van der Waals surface area contributed by atoms with E-state index in [2.05, 4.69) is 16.0 Å². The lowest BCUT2D eigenvalue weighted by Gasteiger charge is -2.15. The lowest BCUT2D eigenvalue weighted by molar-refractivity contribution is 1.49. The van der Waals surface area contributed by atoms with E-state index in [1.54, 1.807) is 0 Å². The summed E-state index contributed by atoms with van der Waals surface area (Å²) in [5.74, 6) is 0. The van der Waals surface area contributed by atoms with Crippen LogP contribution in [0.2, 0.25) is 0 Å². The molecule has 4 aromatic rings. The highest BCUT2D eigenvalue weighted by molar-refractivity contribution is 5.81. The third kappa shape index (κ3) is 4.43. The summed E-state index contributed by atoms with van der Waals surface area (Å²) in [5, 5.41) is 10.3. The van der Waals surface area contributed by atoms with Gasteiger partial charge in [-0.05, 0) is 66.7 Å². The summed E-state index contributed by atoms with van der Waals surface area (Å²) in [4.78, 5) is 0. The van der Waals surface area contributed by atoms with Crippen molar-refractivity contribution in [1.82, 2.24) is 0 Å². The summed E-state index contributed by atoms with van der Waals surface area (Å²) in [5.41, 5.74) is 12.7. The second-order valence-electron chi connectivity index (χ2n) is 6.49. The predicted molar refractivity (Wildman–Crippen MR) is 120 cm³/mol. The van der Waals surface area contributed by atoms with Crippen molar-refractivity contribution in [2.75, 3.05) is 21.7 Å². The van der Waals surface area contributed by atoms with Crippen LogP contribution in [0.15, 0.2) is 103 Å². The number of hydrogen-bond donors (Lipinski definition) is 4. The standard InChI is InChI=1S/C24H22N4/c25-18-11-16-23(27-20-9-5-2-6-10-20)24(17-18)28-22-14-12-21(13-15-22)26-19-7-3-1-4-8-19/h1-17,26-28H,25H2. The van der Waals surface area contributed by atoms with E-state index in [4.69, 9.17) is 5.73 Å². The zero-order chi connectivity index (χ0) is 19.2. The maximum atomic E-state index is 6.01. The molecule has 0 aliphatic rings. The van der Waals surface area contributed by atoms with Crippen molar-refractivity contribution in [1.29, 1.82) is 0 Å². The zero-order valence-electron chi connectivity index (χ0n) is 15.4. The molecule has 0 fully saturated rings. The summed E-state index contributed by atoms with van der Waals surface area (Å²) in [6.45, 7) is 0. The fourth-order valence-electron chi connectivity index (χ4n) is 2.93. The quantitative estimate of drug-likeness (QED) is 0.294. The van der Waals surface area contributed by atoms with Crippen LogP contribution in [-0.4, -0.2) is 0 Å². The second kappa shape index (κ2) is 8.18. The van der Waals surface area contributed by atoms with Gasteiger partial charge in [0.1, 0.15) is 0 Å². The Bertz CT molecular complexity index is 1030. The highest BCUT2D eigenvalue weighted by Gasteiger charge is 2.05. The molecule has 4 heteroatoms. The molecule has 0 unspecified atom stereocenters. The van der Waals surface area contributed by atoms with Gasteiger partial charge in [0.15, 0.2) is 0 Å². The van der Waals surface area contributed by atoms with Gasteiger partial charge in [-0.15, -0.1) is 0 Å². The SMILES string of the molecule is Nc1ccc(Nc2ccccc2)c(Nc2ccc(Nc3ccccc3)cc2)c1. The molecule has 0 saturated carbocycles. The van der Waals surface area contributed by atoms with Crippen LogP contribution in [0.3, 0.4) is 0 Å². The van der Waals surface area contributed by atoms with Crippen LogP contribution in [0, 0.1) is 0 Å². The molecule has 28 heavy (non-hydrogen) atoms. The fourth-order valence-corrected chi connectivity index (χ4v) is 2.93. The molecule has 4 nitrogen and oxygen atoms in total.